The number of alkyl halides is 3. The van der Waals surface area contributed by atoms with Crippen LogP contribution in [0.4, 0.5) is 13.2 Å². The Morgan fingerprint density at radius 2 is 1.82 bits per heavy atom. The molecule has 0 saturated heterocycles. The molecule has 66 valence electrons. The lowest BCUT2D eigenvalue weighted by Crippen LogP contribution is -2.33. The van der Waals surface area contributed by atoms with Gasteiger partial charge in [0.2, 0.25) is 0 Å². The lowest BCUT2D eigenvalue weighted by atomic mass is 10.2. The topological polar surface area (TPSA) is 9.23 Å². The van der Waals surface area contributed by atoms with Crippen LogP contribution in [0.25, 0.3) is 0 Å². The summed E-state index contributed by atoms with van der Waals surface area (Å²) < 4.78 is 40.1. The van der Waals surface area contributed by atoms with E-state index < -0.39 is 24.8 Å². The molecule has 0 spiro atoms. The number of hydrogen-bond acceptors (Lipinski definition) is 1. The maximum absolute atomic E-state index is 11.9. The molecule has 11 heavy (non-hydrogen) atoms. The first-order valence-electron chi connectivity index (χ1n) is 3.30. The van der Waals surface area contributed by atoms with Crippen molar-refractivity contribution in [3.05, 3.63) is 6.92 Å². The van der Waals surface area contributed by atoms with E-state index >= 15 is 0 Å². The third-order valence-corrected chi connectivity index (χ3v) is 1.02. The van der Waals surface area contributed by atoms with Crippen molar-refractivity contribution in [1.82, 2.24) is 0 Å². The summed E-state index contributed by atoms with van der Waals surface area (Å²) in [5.41, 5.74) is 0. The van der Waals surface area contributed by atoms with E-state index in [1.54, 1.807) is 0 Å². The second-order valence-corrected chi connectivity index (χ2v) is 2.45. The maximum Gasteiger partial charge on any atom is 0.414 e. The van der Waals surface area contributed by atoms with Gasteiger partial charge in [-0.1, -0.05) is 0 Å². The van der Waals surface area contributed by atoms with Gasteiger partial charge in [-0.3, -0.25) is 0 Å². The van der Waals surface area contributed by atoms with Crippen LogP contribution in [0, 0.1) is 6.92 Å². The van der Waals surface area contributed by atoms with Crippen LogP contribution in [0.2, 0.25) is 0 Å². The fourth-order valence-electron chi connectivity index (χ4n) is 0.595. The molecule has 0 aliphatic carbocycles. The summed E-state index contributed by atoms with van der Waals surface area (Å²) in [6.07, 6.45) is -7.16. The summed E-state index contributed by atoms with van der Waals surface area (Å²) in [5.74, 6) is 0. The molecule has 0 bridgehead atoms. The summed E-state index contributed by atoms with van der Waals surface area (Å²) >= 11 is 0. The van der Waals surface area contributed by atoms with E-state index in [4.69, 9.17) is 6.92 Å². The van der Waals surface area contributed by atoms with Crippen molar-refractivity contribution < 1.29 is 17.9 Å². The third kappa shape index (κ3) is 4.24. The Morgan fingerprint density at radius 1 is 1.36 bits per heavy atom. The normalized spacial score (nSPS) is 15.5. The zero-order chi connectivity index (χ0) is 9.07. The van der Waals surface area contributed by atoms with E-state index in [1.165, 1.54) is 13.8 Å². The molecule has 0 aliphatic heterocycles. The Morgan fingerprint density at radius 3 is 1.91 bits per heavy atom. The summed E-state index contributed by atoms with van der Waals surface area (Å²) in [7, 11) is 0. The molecule has 0 saturated carbocycles. The van der Waals surface area contributed by atoms with Gasteiger partial charge in [-0.25, -0.2) is 0 Å². The van der Waals surface area contributed by atoms with Crippen molar-refractivity contribution in [2.24, 2.45) is 0 Å². The van der Waals surface area contributed by atoms with E-state index in [2.05, 4.69) is 4.74 Å². The van der Waals surface area contributed by atoms with Gasteiger partial charge in [-0.15, -0.1) is 0 Å². The quantitative estimate of drug-likeness (QED) is 0.628. The largest absolute Gasteiger partial charge is 0.414 e. The smallest absolute Gasteiger partial charge is 0.366 e. The minimum absolute atomic E-state index is 0.454. The molecule has 2 radical (unpaired) electrons. The molecule has 1 unspecified atom stereocenters. The molecule has 0 aliphatic rings. The molecule has 0 aromatic heterocycles. The first-order chi connectivity index (χ1) is 4.88. The molecule has 0 aromatic rings. The molecule has 0 N–H and O–H groups in total. The van der Waals surface area contributed by atoms with Gasteiger partial charge in [0.15, 0.2) is 6.10 Å². The number of ether oxygens (including phenoxy) is 1. The van der Waals surface area contributed by atoms with Crippen LogP contribution >= 0.6 is 0 Å². The predicted octanol–water partition coefficient (Wildman–Crippen LogP) is 2.44. The number of hydrogen-bond donors (Lipinski definition) is 0. The van der Waals surface area contributed by atoms with Crippen molar-refractivity contribution in [2.75, 3.05) is 0 Å². The molecule has 0 heterocycles. The van der Waals surface area contributed by atoms with E-state index in [0.717, 1.165) is 0 Å². The minimum atomic E-state index is -4.35. The van der Waals surface area contributed by atoms with Gasteiger partial charge in [0, 0.05) is 0 Å². The second-order valence-electron chi connectivity index (χ2n) is 2.45. The molecule has 4 heteroatoms. The fraction of sp³-hybridized carbons (Fsp3) is 0.857. The zero-order valence-electron chi connectivity index (χ0n) is 6.48. The van der Waals surface area contributed by atoms with Crippen LogP contribution in [-0.2, 0) is 4.74 Å². The highest BCUT2D eigenvalue weighted by Crippen LogP contribution is 2.25. The maximum atomic E-state index is 11.9. The van der Waals surface area contributed by atoms with Crippen LogP contribution in [0.1, 0.15) is 20.3 Å². The van der Waals surface area contributed by atoms with Gasteiger partial charge in [0.25, 0.3) is 0 Å². The molecule has 0 aromatic carbocycles. The van der Waals surface area contributed by atoms with E-state index in [9.17, 15) is 13.2 Å². The molecule has 1 atom stereocenters. The first-order valence-corrected chi connectivity index (χ1v) is 3.30. The lowest BCUT2D eigenvalue weighted by Gasteiger charge is -2.21. The van der Waals surface area contributed by atoms with Crippen LogP contribution in [0.5, 0.6) is 0 Å². The van der Waals surface area contributed by atoms with Crippen molar-refractivity contribution in [1.29, 1.82) is 0 Å². The van der Waals surface area contributed by atoms with Crippen LogP contribution in [-0.4, -0.2) is 18.4 Å². The molecule has 0 rings (SSSR count). The Kier molecular flexibility index (Phi) is 3.86. The van der Waals surface area contributed by atoms with Crippen LogP contribution < -0.4 is 0 Å². The SMILES string of the molecule is [CH]CC(OC(C)C)C(F)(F)F. The minimum Gasteiger partial charge on any atom is -0.366 e. The third-order valence-electron chi connectivity index (χ3n) is 1.02. The Balaban J connectivity index is 3.96. The van der Waals surface area contributed by atoms with Gasteiger partial charge in [0.05, 0.1) is 6.10 Å². The van der Waals surface area contributed by atoms with Gasteiger partial charge >= 0.3 is 6.18 Å². The second kappa shape index (κ2) is 3.95. The summed E-state index contributed by atoms with van der Waals surface area (Å²) in [6, 6.07) is 0. The van der Waals surface area contributed by atoms with Crippen molar-refractivity contribution in [3.8, 4) is 0 Å². The number of halogens is 3. The monoisotopic (exact) mass is 168 g/mol. The van der Waals surface area contributed by atoms with E-state index in [-0.39, 0.29) is 0 Å². The highest BCUT2D eigenvalue weighted by molar-refractivity contribution is 4.69. The predicted molar refractivity (Wildman–Crippen MR) is 35.0 cm³/mol. The molecular formula is C7H11F3O. The highest BCUT2D eigenvalue weighted by atomic mass is 19.4. The van der Waals surface area contributed by atoms with Gasteiger partial charge in [0.1, 0.15) is 0 Å². The van der Waals surface area contributed by atoms with E-state index in [0.29, 0.717) is 0 Å². The molecule has 1 nitrogen and oxygen atoms in total. The number of rotatable bonds is 3. The van der Waals surface area contributed by atoms with Gasteiger partial charge in [-0.05, 0) is 27.2 Å². The molecule has 0 amide bonds. The lowest BCUT2D eigenvalue weighted by molar-refractivity contribution is -0.228. The van der Waals surface area contributed by atoms with Crippen LogP contribution in [0.3, 0.4) is 0 Å². The molecule has 0 fully saturated rings. The molecular weight excluding hydrogens is 157 g/mol. The van der Waals surface area contributed by atoms with Gasteiger partial charge < -0.3 is 4.74 Å². The summed E-state index contributed by atoms with van der Waals surface area (Å²) in [4.78, 5) is 0. The van der Waals surface area contributed by atoms with Crippen molar-refractivity contribution in [3.63, 3.8) is 0 Å². The first kappa shape index (κ1) is 10.8. The fourth-order valence-corrected chi connectivity index (χ4v) is 0.595. The van der Waals surface area contributed by atoms with Crippen molar-refractivity contribution in [2.45, 2.75) is 38.7 Å². The van der Waals surface area contributed by atoms with E-state index in [1.807, 2.05) is 0 Å². The van der Waals surface area contributed by atoms with Crippen molar-refractivity contribution >= 4 is 0 Å². The zero-order valence-corrected chi connectivity index (χ0v) is 6.48. The highest BCUT2D eigenvalue weighted by Gasteiger charge is 2.39. The average Bonchev–Trinajstić information content (AvgIpc) is 1.79. The standard InChI is InChI=1S/C7H11F3O/c1-4-6(7(8,9)10)11-5(2)3/h1,5-6H,4H2,2-3H3. The summed E-state index contributed by atoms with van der Waals surface area (Å²) in [5, 5.41) is 0. The van der Waals surface area contributed by atoms with Gasteiger partial charge in [-0.2, -0.15) is 13.2 Å². The average molecular weight is 168 g/mol. The Labute approximate surface area is 64.5 Å². The Bertz CT molecular complexity index is 109. The van der Waals surface area contributed by atoms with Crippen LogP contribution in [0.15, 0.2) is 0 Å². The Hall–Kier alpha value is -0.250. The summed E-state index contributed by atoms with van der Waals surface area (Å²) in [6.45, 7) is 7.93.